The minimum absolute atomic E-state index is 0.0327. The lowest BCUT2D eigenvalue weighted by atomic mass is 10.1. The molecule has 4 amide bonds. The molecule has 12 heteroatoms. The number of amides is 4. The van der Waals surface area contributed by atoms with Gasteiger partial charge in [0.1, 0.15) is 11.5 Å². The normalized spacial score (nSPS) is 14.1. The Bertz CT molecular complexity index is 1570. The maximum Gasteiger partial charge on any atom is 0.343 e. The van der Waals surface area contributed by atoms with E-state index in [1.54, 1.807) is 0 Å². The Balaban J connectivity index is 1.30. The van der Waals surface area contributed by atoms with E-state index in [1.165, 1.54) is 48.5 Å². The van der Waals surface area contributed by atoms with Crippen LogP contribution in [0.1, 0.15) is 31.1 Å². The lowest BCUT2D eigenvalue weighted by Gasteiger charge is -2.14. The molecule has 0 unspecified atom stereocenters. The fourth-order valence-electron chi connectivity index (χ4n) is 3.95. The number of aromatic carboxylic acids is 1. The Morgan fingerprint density at radius 2 is 0.854 bits per heavy atom. The molecule has 3 aromatic carbocycles. The van der Waals surface area contributed by atoms with E-state index < -0.39 is 41.5 Å². The van der Waals surface area contributed by atoms with Crippen molar-refractivity contribution in [3.05, 3.63) is 108 Å². The van der Waals surface area contributed by atoms with Gasteiger partial charge in [0, 0.05) is 30.4 Å². The van der Waals surface area contributed by atoms with Crippen LogP contribution in [0, 0.1) is 0 Å². The third kappa shape index (κ3) is 5.38. The van der Waals surface area contributed by atoms with Gasteiger partial charge in [0.25, 0.3) is 23.6 Å². The van der Waals surface area contributed by atoms with E-state index in [4.69, 9.17) is 9.47 Å². The standard InChI is InChI=1S/C29H16N2O10/c32-23-9-10-24(33)30(23)19-5-1-16(2-6-19)28(38)40-21-13-18(27(36)37)14-22(15-21)41-29(39)17-3-7-20(8-4-17)31-25(34)11-12-26(31)35/h1-15H,(H,36,37). The van der Waals surface area contributed by atoms with Gasteiger partial charge in [0.15, 0.2) is 0 Å². The highest BCUT2D eigenvalue weighted by Crippen LogP contribution is 2.27. The highest BCUT2D eigenvalue weighted by atomic mass is 16.5. The Labute approximate surface area is 230 Å². The monoisotopic (exact) mass is 552 g/mol. The molecule has 2 aliphatic heterocycles. The third-order valence-electron chi connectivity index (χ3n) is 5.89. The highest BCUT2D eigenvalue weighted by molar-refractivity contribution is 6.28. The number of carbonyl (C=O) groups excluding carboxylic acids is 6. The van der Waals surface area contributed by atoms with Gasteiger partial charge in [-0.15, -0.1) is 0 Å². The first kappa shape index (κ1) is 26.4. The van der Waals surface area contributed by atoms with Crippen LogP contribution in [0.5, 0.6) is 11.5 Å². The predicted octanol–water partition coefficient (Wildman–Crippen LogP) is 2.68. The Hall–Kier alpha value is -6.17. The molecule has 12 nitrogen and oxygen atoms in total. The van der Waals surface area contributed by atoms with Gasteiger partial charge in [-0.3, -0.25) is 19.2 Å². The lowest BCUT2D eigenvalue weighted by molar-refractivity contribution is -0.121. The van der Waals surface area contributed by atoms with Gasteiger partial charge in [-0.25, -0.2) is 24.2 Å². The van der Waals surface area contributed by atoms with Crippen LogP contribution in [0.25, 0.3) is 0 Å². The molecule has 0 aromatic heterocycles. The first-order chi connectivity index (χ1) is 19.6. The van der Waals surface area contributed by atoms with Crippen LogP contribution in [0.3, 0.4) is 0 Å². The molecule has 3 aromatic rings. The van der Waals surface area contributed by atoms with Gasteiger partial charge >= 0.3 is 17.9 Å². The van der Waals surface area contributed by atoms with Gasteiger partial charge in [0.05, 0.1) is 28.1 Å². The SMILES string of the molecule is O=C(O)c1cc(OC(=O)c2ccc(N3C(=O)C=CC3=O)cc2)cc(OC(=O)c2ccc(N3C(=O)C=CC3=O)cc2)c1. The van der Waals surface area contributed by atoms with Gasteiger partial charge in [0.2, 0.25) is 0 Å². The number of imide groups is 2. The summed E-state index contributed by atoms with van der Waals surface area (Å²) >= 11 is 0. The Kier molecular flexibility index (Phi) is 6.79. The Morgan fingerprint density at radius 1 is 0.512 bits per heavy atom. The molecule has 1 N–H and O–H groups in total. The van der Waals surface area contributed by atoms with Crippen molar-refractivity contribution >= 4 is 52.9 Å². The number of nitrogens with zero attached hydrogens (tertiary/aromatic N) is 2. The van der Waals surface area contributed by atoms with Crippen molar-refractivity contribution in [3.63, 3.8) is 0 Å². The minimum Gasteiger partial charge on any atom is -0.478 e. The van der Waals surface area contributed by atoms with Crippen LogP contribution in [0.15, 0.2) is 91.0 Å². The number of carbonyl (C=O) groups is 7. The first-order valence-electron chi connectivity index (χ1n) is 11.8. The van der Waals surface area contributed by atoms with Gasteiger partial charge in [-0.05, 0) is 60.7 Å². The molecule has 0 atom stereocenters. The van der Waals surface area contributed by atoms with Crippen LogP contribution >= 0.6 is 0 Å². The molecule has 41 heavy (non-hydrogen) atoms. The molecule has 2 aliphatic rings. The van der Waals surface area contributed by atoms with E-state index in [2.05, 4.69) is 0 Å². The summed E-state index contributed by atoms with van der Waals surface area (Å²) in [5, 5.41) is 9.48. The van der Waals surface area contributed by atoms with Crippen molar-refractivity contribution in [2.75, 3.05) is 9.80 Å². The summed E-state index contributed by atoms with van der Waals surface area (Å²) in [7, 11) is 0. The van der Waals surface area contributed by atoms with E-state index in [-0.39, 0.29) is 39.6 Å². The van der Waals surface area contributed by atoms with Crippen LogP contribution < -0.4 is 19.3 Å². The van der Waals surface area contributed by atoms with E-state index in [1.807, 2.05) is 0 Å². The molecular formula is C29H16N2O10. The van der Waals surface area contributed by atoms with E-state index in [0.717, 1.165) is 52.3 Å². The maximum atomic E-state index is 12.7. The fourth-order valence-corrected chi connectivity index (χ4v) is 3.95. The van der Waals surface area contributed by atoms with Crippen molar-refractivity contribution in [2.24, 2.45) is 0 Å². The average Bonchev–Trinajstić information content (AvgIpc) is 3.47. The fraction of sp³-hybridized carbons (Fsp3) is 0. The Morgan fingerprint density at radius 3 is 1.17 bits per heavy atom. The summed E-state index contributed by atoms with van der Waals surface area (Å²) in [5.41, 5.74) is 0.218. The zero-order valence-electron chi connectivity index (χ0n) is 20.7. The lowest BCUT2D eigenvalue weighted by Crippen LogP contribution is -2.29. The zero-order chi connectivity index (χ0) is 29.3. The number of carboxylic acid groups (broad SMARTS) is 1. The molecular weight excluding hydrogens is 536 g/mol. The number of esters is 2. The molecule has 202 valence electrons. The minimum atomic E-state index is -1.38. The van der Waals surface area contributed by atoms with Crippen LogP contribution in [0.4, 0.5) is 11.4 Å². The van der Waals surface area contributed by atoms with Gasteiger partial charge in [-0.2, -0.15) is 0 Å². The molecule has 0 spiro atoms. The summed E-state index contributed by atoms with van der Waals surface area (Å²) in [6.45, 7) is 0. The summed E-state index contributed by atoms with van der Waals surface area (Å²) in [4.78, 5) is 86.2. The number of rotatable bonds is 7. The quantitative estimate of drug-likeness (QED) is 0.262. The summed E-state index contributed by atoms with van der Waals surface area (Å²) in [5.74, 6) is -5.71. The molecule has 0 radical (unpaired) electrons. The third-order valence-corrected chi connectivity index (χ3v) is 5.89. The summed E-state index contributed by atoms with van der Waals surface area (Å²) in [6, 6.07) is 14.0. The second kappa shape index (κ2) is 10.5. The number of carboxylic acids is 1. The van der Waals surface area contributed by atoms with Crippen molar-refractivity contribution in [2.45, 2.75) is 0 Å². The van der Waals surface area contributed by atoms with Crippen LogP contribution in [0.2, 0.25) is 0 Å². The van der Waals surface area contributed by atoms with Crippen molar-refractivity contribution in [3.8, 4) is 11.5 Å². The van der Waals surface area contributed by atoms with E-state index in [0.29, 0.717) is 0 Å². The van der Waals surface area contributed by atoms with Crippen molar-refractivity contribution < 1.29 is 48.1 Å². The van der Waals surface area contributed by atoms with Crippen LogP contribution in [-0.4, -0.2) is 46.6 Å². The summed E-state index contributed by atoms with van der Waals surface area (Å²) in [6.07, 6.45) is 4.48. The van der Waals surface area contributed by atoms with Gasteiger partial charge in [-0.1, -0.05) is 0 Å². The van der Waals surface area contributed by atoms with Crippen LogP contribution in [-0.2, 0) is 19.2 Å². The largest absolute Gasteiger partial charge is 0.478 e. The van der Waals surface area contributed by atoms with E-state index in [9.17, 15) is 38.7 Å². The molecule has 2 heterocycles. The highest BCUT2D eigenvalue weighted by Gasteiger charge is 2.26. The average molecular weight is 552 g/mol. The first-order valence-corrected chi connectivity index (χ1v) is 11.8. The molecule has 0 aliphatic carbocycles. The second-order valence-electron chi connectivity index (χ2n) is 8.56. The number of hydrogen-bond donors (Lipinski definition) is 1. The van der Waals surface area contributed by atoms with Crippen molar-refractivity contribution in [1.82, 2.24) is 0 Å². The summed E-state index contributed by atoms with van der Waals surface area (Å²) < 4.78 is 10.6. The molecule has 0 saturated carbocycles. The maximum absolute atomic E-state index is 12.7. The number of benzene rings is 3. The smallest absolute Gasteiger partial charge is 0.343 e. The number of anilines is 2. The predicted molar refractivity (Wildman–Crippen MR) is 139 cm³/mol. The molecule has 5 rings (SSSR count). The number of hydrogen-bond acceptors (Lipinski definition) is 9. The van der Waals surface area contributed by atoms with Gasteiger partial charge < -0.3 is 14.6 Å². The second-order valence-corrected chi connectivity index (χ2v) is 8.56. The van der Waals surface area contributed by atoms with E-state index >= 15 is 0 Å². The molecule has 0 bridgehead atoms. The number of ether oxygens (including phenoxy) is 2. The molecule has 0 saturated heterocycles. The topological polar surface area (TPSA) is 165 Å². The molecule has 0 fully saturated rings. The van der Waals surface area contributed by atoms with Crippen molar-refractivity contribution in [1.29, 1.82) is 0 Å². The zero-order valence-corrected chi connectivity index (χ0v) is 20.7.